The molecule has 0 aromatic carbocycles. The van der Waals surface area contributed by atoms with E-state index in [-0.39, 0.29) is 5.91 Å². The first-order valence-electron chi connectivity index (χ1n) is 4.70. The fourth-order valence-corrected chi connectivity index (χ4v) is 0.960. The van der Waals surface area contributed by atoms with Crippen LogP contribution in [-0.4, -0.2) is 24.2 Å². The van der Waals surface area contributed by atoms with Crippen LogP contribution in [0, 0.1) is 0 Å². The molecule has 78 valence electrons. The Bertz CT molecular complexity index is 259. The van der Waals surface area contributed by atoms with E-state index in [0.717, 1.165) is 13.0 Å². The third-order valence-corrected chi connectivity index (χ3v) is 1.66. The molecule has 1 aromatic rings. The van der Waals surface area contributed by atoms with Crippen molar-refractivity contribution < 1.29 is 9.32 Å². The van der Waals surface area contributed by atoms with E-state index in [1.54, 1.807) is 12.3 Å². The van der Waals surface area contributed by atoms with Crippen molar-refractivity contribution in [2.75, 3.05) is 13.1 Å². The largest absolute Gasteiger partial charge is 0.360 e. The lowest BCUT2D eigenvalue weighted by Crippen LogP contribution is -2.33. The topological polar surface area (TPSA) is 67.2 Å². The number of carbonyl (C=O) groups is 1. The summed E-state index contributed by atoms with van der Waals surface area (Å²) in [5.74, 6) is 0.628. The lowest BCUT2D eigenvalue weighted by Gasteiger charge is -2.03. The van der Waals surface area contributed by atoms with Gasteiger partial charge in [-0.15, -0.1) is 0 Å². The average molecular weight is 197 g/mol. The number of rotatable bonds is 6. The van der Waals surface area contributed by atoms with Crippen LogP contribution in [0.1, 0.15) is 19.1 Å². The summed E-state index contributed by atoms with van der Waals surface area (Å²) in [5, 5.41) is 9.25. The van der Waals surface area contributed by atoms with Gasteiger partial charge in [0.25, 0.3) is 0 Å². The van der Waals surface area contributed by atoms with Crippen LogP contribution in [0.5, 0.6) is 0 Å². The van der Waals surface area contributed by atoms with Crippen molar-refractivity contribution in [3.8, 4) is 0 Å². The van der Waals surface area contributed by atoms with Crippen molar-refractivity contribution in [3.05, 3.63) is 18.0 Å². The molecule has 2 N–H and O–H groups in total. The van der Waals surface area contributed by atoms with Gasteiger partial charge in [0.2, 0.25) is 5.91 Å². The van der Waals surface area contributed by atoms with Crippen molar-refractivity contribution >= 4 is 5.91 Å². The van der Waals surface area contributed by atoms with E-state index in [2.05, 4.69) is 22.7 Å². The molecule has 14 heavy (non-hydrogen) atoms. The van der Waals surface area contributed by atoms with Gasteiger partial charge >= 0.3 is 0 Å². The van der Waals surface area contributed by atoms with Gasteiger partial charge in [0.1, 0.15) is 0 Å². The van der Waals surface area contributed by atoms with Crippen LogP contribution < -0.4 is 10.6 Å². The van der Waals surface area contributed by atoms with Crippen molar-refractivity contribution in [3.63, 3.8) is 0 Å². The summed E-state index contributed by atoms with van der Waals surface area (Å²) >= 11 is 0. The smallest absolute Gasteiger partial charge is 0.234 e. The normalized spacial score (nSPS) is 10.1. The molecule has 5 nitrogen and oxygen atoms in total. The molecule has 0 unspecified atom stereocenters. The molecule has 0 spiro atoms. The minimum absolute atomic E-state index is 0.0325. The highest BCUT2D eigenvalue weighted by Gasteiger charge is 2.01. The second-order valence-electron chi connectivity index (χ2n) is 2.93. The van der Waals surface area contributed by atoms with Crippen LogP contribution in [-0.2, 0) is 11.3 Å². The lowest BCUT2D eigenvalue weighted by atomic mass is 10.4. The fraction of sp³-hybridized carbons (Fsp3) is 0.556. The SMILES string of the molecule is CCCNCC(=O)NCc1ccno1. The fourth-order valence-electron chi connectivity index (χ4n) is 0.960. The second kappa shape index (κ2) is 6.15. The third-order valence-electron chi connectivity index (χ3n) is 1.66. The van der Waals surface area contributed by atoms with Crippen LogP contribution in [0.3, 0.4) is 0 Å². The quantitative estimate of drug-likeness (QED) is 0.643. The van der Waals surface area contributed by atoms with Crippen LogP contribution in [0.4, 0.5) is 0 Å². The Hall–Kier alpha value is -1.36. The van der Waals surface area contributed by atoms with Gasteiger partial charge in [0, 0.05) is 6.07 Å². The minimum Gasteiger partial charge on any atom is -0.360 e. The van der Waals surface area contributed by atoms with E-state index in [1.807, 2.05) is 0 Å². The molecule has 1 aromatic heterocycles. The van der Waals surface area contributed by atoms with Gasteiger partial charge in [0.15, 0.2) is 5.76 Å². The summed E-state index contributed by atoms with van der Waals surface area (Å²) < 4.78 is 4.82. The monoisotopic (exact) mass is 197 g/mol. The van der Waals surface area contributed by atoms with Crippen molar-refractivity contribution in [2.45, 2.75) is 19.9 Å². The van der Waals surface area contributed by atoms with Gasteiger partial charge < -0.3 is 15.2 Å². The predicted octanol–water partition coefficient (Wildman–Crippen LogP) is 0.290. The molecule has 0 aliphatic rings. The Kier molecular flexibility index (Phi) is 4.71. The standard InChI is InChI=1S/C9H15N3O2/c1-2-4-10-7-9(13)11-6-8-3-5-12-14-8/h3,5,10H,2,4,6-7H2,1H3,(H,11,13). The maximum atomic E-state index is 11.2. The highest BCUT2D eigenvalue weighted by molar-refractivity contribution is 5.77. The highest BCUT2D eigenvalue weighted by Crippen LogP contribution is 1.94. The summed E-state index contributed by atoms with van der Waals surface area (Å²) in [6.45, 7) is 3.66. The van der Waals surface area contributed by atoms with E-state index >= 15 is 0 Å². The molecule has 0 saturated carbocycles. The molecule has 1 rings (SSSR count). The molecule has 1 amide bonds. The molecule has 0 aliphatic heterocycles. The van der Waals surface area contributed by atoms with E-state index in [0.29, 0.717) is 18.8 Å². The molecule has 0 bridgehead atoms. The molecule has 0 saturated heterocycles. The maximum Gasteiger partial charge on any atom is 0.234 e. The molecule has 0 fully saturated rings. The number of aromatic nitrogens is 1. The molecule has 5 heteroatoms. The number of amides is 1. The number of hydrogen-bond acceptors (Lipinski definition) is 4. The summed E-state index contributed by atoms with van der Waals surface area (Å²) in [5.41, 5.74) is 0. The van der Waals surface area contributed by atoms with Gasteiger partial charge in [-0.05, 0) is 13.0 Å². The Labute approximate surface area is 82.8 Å². The number of nitrogens with one attached hydrogen (secondary N) is 2. The van der Waals surface area contributed by atoms with Crippen molar-refractivity contribution in [1.29, 1.82) is 0 Å². The number of hydrogen-bond donors (Lipinski definition) is 2. The second-order valence-corrected chi connectivity index (χ2v) is 2.93. The summed E-state index contributed by atoms with van der Waals surface area (Å²) in [6.07, 6.45) is 2.58. The van der Waals surface area contributed by atoms with Gasteiger partial charge in [0.05, 0.1) is 19.3 Å². The highest BCUT2D eigenvalue weighted by atomic mass is 16.5. The minimum atomic E-state index is -0.0325. The zero-order chi connectivity index (χ0) is 10.2. The van der Waals surface area contributed by atoms with Crippen LogP contribution in [0.2, 0.25) is 0 Å². The zero-order valence-corrected chi connectivity index (χ0v) is 8.25. The summed E-state index contributed by atoms with van der Waals surface area (Å²) in [6, 6.07) is 1.72. The van der Waals surface area contributed by atoms with Gasteiger partial charge in [-0.1, -0.05) is 12.1 Å². The van der Waals surface area contributed by atoms with Gasteiger partial charge in [-0.25, -0.2) is 0 Å². The summed E-state index contributed by atoms with van der Waals surface area (Å²) in [4.78, 5) is 11.2. The summed E-state index contributed by atoms with van der Waals surface area (Å²) in [7, 11) is 0. The van der Waals surface area contributed by atoms with Gasteiger partial charge in [-0.3, -0.25) is 4.79 Å². The van der Waals surface area contributed by atoms with Crippen LogP contribution >= 0.6 is 0 Å². The Morgan fingerprint density at radius 3 is 3.14 bits per heavy atom. The lowest BCUT2D eigenvalue weighted by molar-refractivity contribution is -0.120. The average Bonchev–Trinajstić information content (AvgIpc) is 2.68. The third kappa shape index (κ3) is 4.04. The molecular weight excluding hydrogens is 182 g/mol. The zero-order valence-electron chi connectivity index (χ0n) is 8.25. The number of nitrogens with zero attached hydrogens (tertiary/aromatic N) is 1. The predicted molar refractivity (Wildman–Crippen MR) is 51.5 cm³/mol. The van der Waals surface area contributed by atoms with Crippen LogP contribution in [0.25, 0.3) is 0 Å². The number of carbonyl (C=O) groups excluding carboxylic acids is 1. The first-order chi connectivity index (χ1) is 6.83. The van der Waals surface area contributed by atoms with E-state index < -0.39 is 0 Å². The van der Waals surface area contributed by atoms with E-state index in [4.69, 9.17) is 4.52 Å². The van der Waals surface area contributed by atoms with Gasteiger partial charge in [-0.2, -0.15) is 0 Å². The molecule has 0 aliphatic carbocycles. The first kappa shape index (κ1) is 10.7. The van der Waals surface area contributed by atoms with Crippen molar-refractivity contribution in [2.24, 2.45) is 0 Å². The molecule has 1 heterocycles. The Morgan fingerprint density at radius 1 is 1.64 bits per heavy atom. The molecule has 0 atom stereocenters. The van der Waals surface area contributed by atoms with E-state index in [9.17, 15) is 4.79 Å². The van der Waals surface area contributed by atoms with Crippen molar-refractivity contribution in [1.82, 2.24) is 15.8 Å². The first-order valence-corrected chi connectivity index (χ1v) is 4.70. The maximum absolute atomic E-state index is 11.2. The molecular formula is C9H15N3O2. The Morgan fingerprint density at radius 2 is 2.50 bits per heavy atom. The van der Waals surface area contributed by atoms with E-state index in [1.165, 1.54) is 0 Å². The van der Waals surface area contributed by atoms with Crippen LogP contribution in [0.15, 0.2) is 16.8 Å². The Balaban J connectivity index is 2.09. The molecule has 0 radical (unpaired) electrons.